The first-order chi connectivity index (χ1) is 13.9. The summed E-state index contributed by atoms with van der Waals surface area (Å²) in [6, 6.07) is 7.93. The Morgan fingerprint density at radius 1 is 0.967 bits per heavy atom. The molecule has 168 valence electrons. The van der Waals surface area contributed by atoms with Gasteiger partial charge in [0.2, 0.25) is 0 Å². The van der Waals surface area contributed by atoms with E-state index in [1.54, 1.807) is 20.8 Å². The van der Waals surface area contributed by atoms with Gasteiger partial charge in [0.15, 0.2) is 0 Å². The van der Waals surface area contributed by atoms with Crippen LogP contribution in [0.4, 0.5) is 4.79 Å². The van der Waals surface area contributed by atoms with Gasteiger partial charge in [-0.05, 0) is 38.2 Å². The van der Waals surface area contributed by atoms with Crippen LogP contribution >= 0.6 is 0 Å². The number of rotatable bonds is 9. The summed E-state index contributed by atoms with van der Waals surface area (Å²) in [6.07, 6.45) is -1.44. The molecule has 1 rings (SSSR count). The molecule has 0 aliphatic rings. The van der Waals surface area contributed by atoms with Gasteiger partial charge in [0.1, 0.15) is 24.4 Å². The second-order valence-corrected chi connectivity index (χ2v) is 8.94. The molecule has 30 heavy (non-hydrogen) atoms. The highest BCUT2D eigenvalue weighted by Gasteiger charge is 2.30. The van der Waals surface area contributed by atoms with E-state index in [2.05, 4.69) is 5.32 Å². The normalized spacial score (nSPS) is 12.6. The zero-order chi connectivity index (χ0) is 22.9. The van der Waals surface area contributed by atoms with Crippen molar-refractivity contribution < 1.29 is 28.6 Å². The number of esters is 2. The molecule has 0 unspecified atom stereocenters. The van der Waals surface area contributed by atoms with E-state index in [0.717, 1.165) is 5.56 Å². The fourth-order valence-electron chi connectivity index (χ4n) is 2.88. The highest BCUT2D eigenvalue weighted by molar-refractivity contribution is 5.86. The Hall–Kier alpha value is -2.57. The summed E-state index contributed by atoms with van der Waals surface area (Å²) in [7, 11) is 0. The topological polar surface area (TPSA) is 90.9 Å². The number of amides is 1. The maximum atomic E-state index is 12.6. The maximum Gasteiger partial charge on any atom is 0.408 e. The molecular weight excluding hydrogens is 386 g/mol. The van der Waals surface area contributed by atoms with Gasteiger partial charge in [-0.15, -0.1) is 0 Å². The Labute approximate surface area is 179 Å². The first-order valence-corrected chi connectivity index (χ1v) is 10.3. The van der Waals surface area contributed by atoms with Gasteiger partial charge in [-0.3, -0.25) is 4.79 Å². The van der Waals surface area contributed by atoms with Crippen molar-refractivity contribution in [1.29, 1.82) is 0 Å². The fourth-order valence-corrected chi connectivity index (χ4v) is 2.88. The van der Waals surface area contributed by atoms with E-state index in [-0.39, 0.29) is 31.0 Å². The maximum absolute atomic E-state index is 12.6. The van der Waals surface area contributed by atoms with E-state index in [1.165, 1.54) is 0 Å². The van der Waals surface area contributed by atoms with Crippen molar-refractivity contribution in [2.24, 2.45) is 11.8 Å². The molecule has 0 fully saturated rings. The monoisotopic (exact) mass is 421 g/mol. The predicted octanol–water partition coefficient (Wildman–Crippen LogP) is 4.24. The van der Waals surface area contributed by atoms with Gasteiger partial charge in [0, 0.05) is 0 Å². The number of hydrogen-bond acceptors (Lipinski definition) is 6. The minimum absolute atomic E-state index is 0.0296. The Morgan fingerprint density at radius 3 is 2.03 bits per heavy atom. The van der Waals surface area contributed by atoms with Crippen molar-refractivity contribution in [2.75, 3.05) is 0 Å². The lowest BCUT2D eigenvalue weighted by Gasteiger charge is -2.26. The number of hydrogen-bond donors (Lipinski definition) is 1. The lowest BCUT2D eigenvalue weighted by atomic mass is 9.96. The number of ether oxygens (including phenoxy) is 3. The fraction of sp³-hybridized carbons (Fsp3) is 0.609. The Balaban J connectivity index is 2.83. The smallest absolute Gasteiger partial charge is 0.408 e. The van der Waals surface area contributed by atoms with Crippen LogP contribution < -0.4 is 5.32 Å². The average molecular weight is 422 g/mol. The van der Waals surface area contributed by atoms with Crippen LogP contribution in [-0.2, 0) is 30.4 Å². The Bertz CT molecular complexity index is 685. The molecule has 0 saturated heterocycles. The van der Waals surface area contributed by atoms with Gasteiger partial charge in [-0.25, -0.2) is 9.59 Å². The highest BCUT2D eigenvalue weighted by Crippen LogP contribution is 2.18. The van der Waals surface area contributed by atoms with Gasteiger partial charge >= 0.3 is 18.0 Å². The molecule has 0 saturated carbocycles. The minimum atomic E-state index is -1.21. The molecule has 7 nitrogen and oxygen atoms in total. The summed E-state index contributed by atoms with van der Waals surface area (Å²) < 4.78 is 16.1. The van der Waals surface area contributed by atoms with E-state index in [4.69, 9.17) is 14.2 Å². The lowest BCUT2D eigenvalue weighted by Crippen LogP contribution is -2.46. The first kappa shape index (κ1) is 25.5. The molecule has 0 aromatic heterocycles. The standard InChI is InChI=1S/C23H35NO6/c1-15(2)20(16(3)4)29-19(25)13-18(24-22(27)30-23(5,6)7)21(26)28-14-17-11-9-8-10-12-17/h8-12,15-16,18,20H,13-14H2,1-7H3,(H,24,27)/t18-/m0/s1. The quantitative estimate of drug-likeness (QED) is 0.474. The summed E-state index contributed by atoms with van der Waals surface area (Å²) in [5, 5.41) is 2.44. The van der Waals surface area contributed by atoms with E-state index in [9.17, 15) is 14.4 Å². The van der Waals surface area contributed by atoms with Gasteiger partial charge in [0.25, 0.3) is 0 Å². The predicted molar refractivity (Wildman–Crippen MR) is 114 cm³/mol. The Kier molecular flexibility index (Phi) is 9.82. The summed E-state index contributed by atoms with van der Waals surface area (Å²) >= 11 is 0. The molecule has 1 aromatic rings. The number of benzene rings is 1. The van der Waals surface area contributed by atoms with Crippen molar-refractivity contribution in [2.45, 2.75) is 79.2 Å². The lowest BCUT2D eigenvalue weighted by molar-refractivity contribution is -0.159. The third kappa shape index (κ3) is 9.76. The van der Waals surface area contributed by atoms with Crippen molar-refractivity contribution in [3.05, 3.63) is 35.9 Å². The summed E-state index contributed by atoms with van der Waals surface area (Å²) in [5.74, 6) is -1.07. The van der Waals surface area contributed by atoms with Gasteiger partial charge < -0.3 is 19.5 Å². The van der Waals surface area contributed by atoms with Gasteiger partial charge in [0.05, 0.1) is 6.42 Å². The van der Waals surface area contributed by atoms with Crippen molar-refractivity contribution >= 4 is 18.0 Å². The van der Waals surface area contributed by atoms with Crippen LogP contribution in [0.3, 0.4) is 0 Å². The number of carbonyl (C=O) groups excluding carboxylic acids is 3. The number of alkyl carbamates (subject to hydrolysis) is 1. The van der Waals surface area contributed by atoms with Crippen LogP contribution in [-0.4, -0.2) is 35.8 Å². The number of carbonyl (C=O) groups is 3. The molecule has 1 N–H and O–H groups in total. The van der Waals surface area contributed by atoms with E-state index < -0.39 is 29.7 Å². The molecule has 1 amide bonds. The van der Waals surface area contributed by atoms with E-state index in [0.29, 0.717) is 0 Å². The first-order valence-electron chi connectivity index (χ1n) is 10.3. The van der Waals surface area contributed by atoms with Crippen LogP contribution in [0, 0.1) is 11.8 Å². The molecule has 0 spiro atoms. The summed E-state index contributed by atoms with van der Waals surface area (Å²) in [4.78, 5) is 37.3. The van der Waals surface area contributed by atoms with Gasteiger partial charge in [-0.1, -0.05) is 58.0 Å². The van der Waals surface area contributed by atoms with Crippen LogP contribution in [0.2, 0.25) is 0 Å². The van der Waals surface area contributed by atoms with Crippen LogP contribution in [0.25, 0.3) is 0 Å². The van der Waals surface area contributed by atoms with Crippen molar-refractivity contribution in [3.63, 3.8) is 0 Å². The molecule has 0 aliphatic carbocycles. The van der Waals surface area contributed by atoms with Crippen LogP contribution in [0.15, 0.2) is 30.3 Å². The third-order valence-corrected chi connectivity index (χ3v) is 4.15. The van der Waals surface area contributed by atoms with Crippen LogP contribution in [0.1, 0.15) is 60.5 Å². The average Bonchev–Trinajstić information content (AvgIpc) is 2.62. The molecule has 1 aromatic carbocycles. The van der Waals surface area contributed by atoms with Gasteiger partial charge in [-0.2, -0.15) is 0 Å². The molecule has 0 heterocycles. The second kappa shape index (κ2) is 11.6. The molecule has 1 atom stereocenters. The van der Waals surface area contributed by atoms with Crippen LogP contribution in [0.5, 0.6) is 0 Å². The molecule has 0 radical (unpaired) electrons. The number of nitrogens with one attached hydrogen (secondary N) is 1. The van der Waals surface area contributed by atoms with Crippen molar-refractivity contribution in [3.8, 4) is 0 Å². The molecule has 0 bridgehead atoms. The summed E-state index contributed by atoms with van der Waals surface area (Å²) in [6.45, 7) is 13.0. The van der Waals surface area contributed by atoms with Crippen molar-refractivity contribution in [1.82, 2.24) is 5.32 Å². The SMILES string of the molecule is CC(C)C(OC(=O)C[C@H](NC(=O)OC(C)(C)C)C(=O)OCc1ccccc1)C(C)C. The summed E-state index contributed by atoms with van der Waals surface area (Å²) in [5.41, 5.74) is 0.0489. The van der Waals surface area contributed by atoms with E-state index in [1.807, 2.05) is 58.0 Å². The zero-order valence-electron chi connectivity index (χ0n) is 19.1. The second-order valence-electron chi connectivity index (χ2n) is 8.94. The highest BCUT2D eigenvalue weighted by atomic mass is 16.6. The molecule has 7 heteroatoms. The molecule has 0 aliphatic heterocycles. The largest absolute Gasteiger partial charge is 0.462 e. The Morgan fingerprint density at radius 2 is 1.53 bits per heavy atom. The third-order valence-electron chi connectivity index (χ3n) is 4.15. The zero-order valence-corrected chi connectivity index (χ0v) is 19.1. The molecular formula is C23H35NO6. The van der Waals surface area contributed by atoms with E-state index >= 15 is 0 Å². The minimum Gasteiger partial charge on any atom is -0.462 e.